The fourth-order valence-corrected chi connectivity index (χ4v) is 5.48. The van der Waals surface area contributed by atoms with Crippen LogP contribution in [0.3, 0.4) is 0 Å². The molecule has 0 saturated carbocycles. The van der Waals surface area contributed by atoms with Gasteiger partial charge in [-0.05, 0) is 55.7 Å². The number of hydrogen-bond donors (Lipinski definition) is 0. The molecule has 0 aromatic heterocycles. The van der Waals surface area contributed by atoms with Crippen LogP contribution in [0.25, 0.3) is 0 Å². The van der Waals surface area contributed by atoms with E-state index in [4.69, 9.17) is 0 Å². The average Bonchev–Trinajstić information content (AvgIpc) is 3.06. The molecular weight excluding hydrogens is 624 g/mol. The monoisotopic (exact) mass is 654 g/mol. The highest BCUT2D eigenvalue weighted by Crippen LogP contribution is 2.34. The molecule has 246 valence electrons. The molecule has 0 radical (unpaired) electrons. The van der Waals surface area contributed by atoms with Gasteiger partial charge in [0.25, 0.3) is 34.8 Å². The lowest BCUT2D eigenvalue weighted by atomic mass is 9.86. The number of anilines is 3. The molecule has 0 fully saturated rings. The third kappa shape index (κ3) is 6.42. The van der Waals surface area contributed by atoms with Crippen molar-refractivity contribution in [2.24, 2.45) is 0 Å². The maximum atomic E-state index is 14.2. The van der Waals surface area contributed by atoms with Crippen LogP contribution in [0.5, 0.6) is 0 Å². The van der Waals surface area contributed by atoms with Crippen LogP contribution in [-0.2, 0) is 0 Å². The van der Waals surface area contributed by atoms with Crippen LogP contribution in [0.15, 0.2) is 72.8 Å². The zero-order chi connectivity index (χ0) is 35.6. The number of rotatable bonds is 9. The van der Waals surface area contributed by atoms with E-state index in [9.17, 15) is 44.7 Å². The van der Waals surface area contributed by atoms with Gasteiger partial charge < -0.3 is 14.7 Å². The summed E-state index contributed by atoms with van der Waals surface area (Å²) >= 11 is 0. The van der Waals surface area contributed by atoms with Crippen molar-refractivity contribution in [1.29, 1.82) is 0 Å². The first kappa shape index (κ1) is 34.4. The molecule has 0 unspecified atom stereocenters. The highest BCUT2D eigenvalue weighted by molar-refractivity contribution is 6.18. The van der Waals surface area contributed by atoms with Gasteiger partial charge in [0.05, 0.1) is 31.8 Å². The van der Waals surface area contributed by atoms with E-state index in [2.05, 4.69) is 0 Å². The predicted octanol–water partition coefficient (Wildman–Crippen LogP) is 6.17. The highest BCUT2D eigenvalue weighted by Gasteiger charge is 2.32. The second-order valence-electron chi connectivity index (χ2n) is 10.9. The van der Waals surface area contributed by atoms with Gasteiger partial charge in [0.15, 0.2) is 0 Å². The zero-order valence-corrected chi connectivity index (χ0v) is 26.8. The van der Waals surface area contributed by atoms with Crippen LogP contribution in [0, 0.1) is 51.1 Å². The molecule has 48 heavy (non-hydrogen) atoms. The maximum Gasteiger partial charge on any atom is 0.271 e. The van der Waals surface area contributed by atoms with Gasteiger partial charge >= 0.3 is 0 Å². The lowest BCUT2D eigenvalue weighted by Gasteiger charge is -2.28. The first-order chi connectivity index (χ1) is 22.6. The van der Waals surface area contributed by atoms with Gasteiger partial charge in [-0.25, -0.2) is 0 Å². The SMILES string of the molecule is Cc1c(C(=O)N(C)c2cccc([N+](=O)[O-])c2)c(C)c(C(=O)N(C)c2cccc([N+](=O)[O-])c2)c(C)c1C(=O)N(C)c1cccc([N+](=O)[O-])c1. The van der Waals surface area contributed by atoms with Crippen molar-refractivity contribution in [3.05, 3.63) is 137 Å². The summed E-state index contributed by atoms with van der Waals surface area (Å²) in [5.74, 6) is -2.03. The lowest BCUT2D eigenvalue weighted by Crippen LogP contribution is -2.34. The minimum Gasteiger partial charge on any atom is -0.311 e. The Labute approximate surface area is 274 Å². The topological polar surface area (TPSA) is 190 Å². The number of carbonyl (C=O) groups is 3. The molecule has 0 spiro atoms. The molecule has 4 rings (SSSR count). The Hall–Kier alpha value is -6.51. The molecular formula is C33H30N6O9. The number of nitrogens with zero attached hydrogens (tertiary/aromatic N) is 6. The normalized spacial score (nSPS) is 10.6. The van der Waals surface area contributed by atoms with E-state index in [1.54, 1.807) is 0 Å². The molecule has 0 aliphatic carbocycles. The molecule has 3 amide bonds. The number of hydrogen-bond acceptors (Lipinski definition) is 9. The van der Waals surface area contributed by atoms with Gasteiger partial charge in [0, 0.05) is 74.2 Å². The maximum absolute atomic E-state index is 14.2. The molecule has 0 aliphatic rings. The fraction of sp³-hybridized carbons (Fsp3) is 0.182. The molecule has 0 atom stereocenters. The summed E-state index contributed by atoms with van der Waals surface area (Å²) in [5, 5.41) is 34.3. The summed E-state index contributed by atoms with van der Waals surface area (Å²) in [6.45, 7) is 4.59. The van der Waals surface area contributed by atoms with Crippen LogP contribution in [-0.4, -0.2) is 53.6 Å². The molecule has 0 heterocycles. The van der Waals surface area contributed by atoms with Crippen molar-refractivity contribution in [2.75, 3.05) is 35.8 Å². The number of amides is 3. The van der Waals surface area contributed by atoms with Crippen LogP contribution in [0.4, 0.5) is 34.1 Å². The van der Waals surface area contributed by atoms with Crippen LogP contribution < -0.4 is 14.7 Å². The number of non-ortho nitro benzene ring substituents is 3. The average molecular weight is 655 g/mol. The van der Waals surface area contributed by atoms with Crippen molar-refractivity contribution in [3.63, 3.8) is 0 Å². The lowest BCUT2D eigenvalue weighted by molar-refractivity contribution is -0.385. The molecule has 15 heteroatoms. The number of nitro benzene ring substituents is 3. The number of nitro groups is 3. The van der Waals surface area contributed by atoms with Gasteiger partial charge in [-0.1, -0.05) is 18.2 Å². The van der Waals surface area contributed by atoms with E-state index >= 15 is 0 Å². The summed E-state index contributed by atoms with van der Waals surface area (Å²) in [7, 11) is 4.19. The first-order valence-corrected chi connectivity index (χ1v) is 14.3. The van der Waals surface area contributed by atoms with Gasteiger partial charge in [0.2, 0.25) is 0 Å². The molecule has 0 bridgehead atoms. The van der Waals surface area contributed by atoms with Crippen LogP contribution in [0.2, 0.25) is 0 Å². The van der Waals surface area contributed by atoms with E-state index in [0.717, 1.165) is 14.7 Å². The van der Waals surface area contributed by atoms with E-state index in [1.807, 2.05) is 0 Å². The smallest absolute Gasteiger partial charge is 0.271 e. The molecule has 0 N–H and O–H groups in total. The summed E-state index contributed by atoms with van der Waals surface area (Å²) in [4.78, 5) is 78.5. The Balaban J connectivity index is 1.95. The summed E-state index contributed by atoms with van der Waals surface area (Å²) < 4.78 is 0. The van der Waals surface area contributed by atoms with Crippen molar-refractivity contribution >= 4 is 51.8 Å². The van der Waals surface area contributed by atoms with Crippen molar-refractivity contribution in [2.45, 2.75) is 20.8 Å². The third-order valence-electron chi connectivity index (χ3n) is 8.09. The Bertz CT molecular complexity index is 1780. The molecule has 15 nitrogen and oxygen atoms in total. The summed E-state index contributed by atoms with van der Waals surface area (Å²) in [6.07, 6.45) is 0. The second kappa shape index (κ2) is 13.5. The van der Waals surface area contributed by atoms with Crippen molar-refractivity contribution in [1.82, 2.24) is 0 Å². The minimum absolute atomic E-state index is 0.0267. The van der Waals surface area contributed by atoms with E-state index in [0.29, 0.717) is 0 Å². The Morgan fingerprint density at radius 2 is 0.708 bits per heavy atom. The Morgan fingerprint density at radius 1 is 0.479 bits per heavy atom. The van der Waals surface area contributed by atoms with Gasteiger partial charge in [-0.2, -0.15) is 0 Å². The zero-order valence-electron chi connectivity index (χ0n) is 26.8. The van der Waals surface area contributed by atoms with E-state index in [1.165, 1.54) is 115 Å². The van der Waals surface area contributed by atoms with Gasteiger partial charge in [-0.15, -0.1) is 0 Å². The van der Waals surface area contributed by atoms with Gasteiger partial charge in [0.1, 0.15) is 0 Å². The van der Waals surface area contributed by atoms with Crippen molar-refractivity contribution < 1.29 is 29.2 Å². The van der Waals surface area contributed by atoms with Crippen LogP contribution in [0.1, 0.15) is 47.8 Å². The first-order valence-electron chi connectivity index (χ1n) is 14.3. The molecule has 4 aromatic carbocycles. The number of carbonyl (C=O) groups excluding carboxylic acids is 3. The largest absolute Gasteiger partial charge is 0.311 e. The Morgan fingerprint density at radius 3 is 0.917 bits per heavy atom. The second-order valence-corrected chi connectivity index (χ2v) is 10.9. The Kier molecular flexibility index (Phi) is 9.64. The van der Waals surface area contributed by atoms with E-state index < -0.39 is 32.5 Å². The predicted molar refractivity (Wildman–Crippen MR) is 178 cm³/mol. The quantitative estimate of drug-likeness (QED) is 0.150. The third-order valence-corrected chi connectivity index (χ3v) is 8.09. The number of benzene rings is 4. The summed E-state index contributed by atoms with van der Waals surface area (Å²) in [5.41, 5.74) is 0.279. The van der Waals surface area contributed by atoms with Crippen LogP contribution >= 0.6 is 0 Å². The molecule has 0 aliphatic heterocycles. The van der Waals surface area contributed by atoms with Gasteiger partial charge in [-0.3, -0.25) is 44.7 Å². The van der Waals surface area contributed by atoms with E-state index in [-0.39, 0.29) is 67.5 Å². The molecule has 0 saturated heterocycles. The fourth-order valence-electron chi connectivity index (χ4n) is 5.48. The minimum atomic E-state index is -0.676. The standard InChI is InChI=1S/C33H30N6O9/c1-19-28(31(40)34(4)22-10-7-13-25(16-22)37(43)44)20(2)30(33(42)36(6)24-12-9-15-27(18-24)39(47)48)21(3)29(19)32(41)35(5)23-11-8-14-26(17-23)38(45)46/h7-18H,1-6H3. The van der Waals surface area contributed by atoms with Crippen molar-refractivity contribution in [3.8, 4) is 0 Å². The highest BCUT2D eigenvalue weighted by atomic mass is 16.6. The summed E-state index contributed by atoms with van der Waals surface area (Å²) in [6, 6.07) is 16.2. The molecule has 4 aromatic rings.